The second-order valence-electron chi connectivity index (χ2n) is 3.09. The molecule has 7 heteroatoms. The lowest BCUT2D eigenvalue weighted by molar-refractivity contribution is -0.140. The summed E-state index contributed by atoms with van der Waals surface area (Å²) in [6.07, 6.45) is 1.43. The van der Waals surface area contributed by atoms with Crippen molar-refractivity contribution in [1.82, 2.24) is 9.55 Å². The van der Waals surface area contributed by atoms with Gasteiger partial charge in [0.1, 0.15) is 4.83 Å². The monoisotopic (exact) mass is 400 g/mol. The van der Waals surface area contributed by atoms with Gasteiger partial charge >= 0.3 is 5.97 Å². The van der Waals surface area contributed by atoms with E-state index in [2.05, 4.69) is 25.7 Å². The van der Waals surface area contributed by atoms with E-state index >= 15 is 0 Å². The predicted octanol–water partition coefficient (Wildman–Crippen LogP) is 1.09. The number of nitrogens with zero attached hydrogens (tertiary/aromatic N) is 2. The molecule has 1 aromatic rings. The van der Waals surface area contributed by atoms with Crippen LogP contribution >= 0.6 is 38.5 Å². The van der Waals surface area contributed by atoms with Crippen LogP contribution in [0.3, 0.4) is 0 Å². The first-order valence-corrected chi connectivity index (χ1v) is 6.40. The largest absolute Gasteiger partial charge is 0.468 e. The highest BCUT2D eigenvalue weighted by molar-refractivity contribution is 14.1. The smallest absolute Gasteiger partial charge is 0.321 e. The fraction of sp³-hybridized carbons (Fsp3) is 0.444. The first kappa shape index (κ1) is 13.6. The van der Waals surface area contributed by atoms with E-state index in [1.807, 2.05) is 22.6 Å². The summed E-state index contributed by atoms with van der Waals surface area (Å²) in [7, 11) is 1.30. The molecule has 0 saturated carbocycles. The third-order valence-electron chi connectivity index (χ3n) is 1.97. The molecule has 1 aromatic heterocycles. The number of esters is 1. The van der Waals surface area contributed by atoms with E-state index in [-0.39, 0.29) is 12.1 Å². The van der Waals surface area contributed by atoms with Crippen LogP contribution in [0.5, 0.6) is 0 Å². The van der Waals surface area contributed by atoms with Crippen molar-refractivity contribution in [2.24, 2.45) is 0 Å². The highest BCUT2D eigenvalue weighted by Crippen LogP contribution is 2.06. The summed E-state index contributed by atoms with van der Waals surface area (Å²) in [5, 5.41) is 0. The summed E-state index contributed by atoms with van der Waals surface area (Å²) in [5.41, 5.74) is 0.535. The van der Waals surface area contributed by atoms with Crippen LogP contribution in [0.2, 0.25) is 0 Å². The molecule has 16 heavy (non-hydrogen) atoms. The topological polar surface area (TPSA) is 61.2 Å². The van der Waals surface area contributed by atoms with Crippen LogP contribution in [0.1, 0.15) is 5.69 Å². The quantitative estimate of drug-likeness (QED) is 0.433. The molecule has 0 aliphatic rings. The zero-order chi connectivity index (χ0) is 12.3. The van der Waals surface area contributed by atoms with Gasteiger partial charge in [-0.2, -0.15) is 0 Å². The van der Waals surface area contributed by atoms with Crippen molar-refractivity contribution < 1.29 is 9.53 Å². The van der Waals surface area contributed by atoms with Crippen molar-refractivity contribution in [3.63, 3.8) is 0 Å². The fourth-order valence-electron chi connectivity index (χ4n) is 1.05. The van der Waals surface area contributed by atoms with Gasteiger partial charge in [-0.15, -0.1) is 0 Å². The van der Waals surface area contributed by atoms with Crippen molar-refractivity contribution in [2.45, 2.75) is 18.3 Å². The molecule has 0 fully saturated rings. The Morgan fingerprint density at radius 1 is 1.75 bits per heavy atom. The number of carbonyl (C=O) groups excluding carboxylic acids is 1. The average molecular weight is 401 g/mol. The lowest BCUT2D eigenvalue weighted by Gasteiger charge is -2.10. The van der Waals surface area contributed by atoms with E-state index in [1.54, 1.807) is 6.92 Å². The maximum absolute atomic E-state index is 11.8. The molecule has 1 heterocycles. The van der Waals surface area contributed by atoms with E-state index < -0.39 is 10.8 Å². The summed E-state index contributed by atoms with van der Waals surface area (Å²) < 4.78 is 6.49. The average Bonchev–Trinajstić information content (AvgIpc) is 2.28. The van der Waals surface area contributed by atoms with Crippen LogP contribution in [0.4, 0.5) is 0 Å². The van der Waals surface area contributed by atoms with Gasteiger partial charge in [0.2, 0.25) is 0 Å². The lowest BCUT2D eigenvalue weighted by Crippen LogP contribution is -2.30. The van der Waals surface area contributed by atoms with Crippen LogP contribution in [0, 0.1) is 10.5 Å². The van der Waals surface area contributed by atoms with Gasteiger partial charge < -0.3 is 4.74 Å². The predicted molar refractivity (Wildman–Crippen MR) is 70.7 cm³/mol. The van der Waals surface area contributed by atoms with Gasteiger partial charge in [-0.25, -0.2) is 4.98 Å². The lowest BCUT2D eigenvalue weighted by atomic mass is 10.4. The Hall–Kier alpha value is -0.440. The molecular formula is C9H10BrIN2O3. The van der Waals surface area contributed by atoms with Gasteiger partial charge in [-0.05, 0) is 29.5 Å². The molecule has 0 aromatic carbocycles. The summed E-state index contributed by atoms with van der Waals surface area (Å²) in [5.74, 6) is -0.414. The number of rotatable bonds is 3. The molecule has 0 spiro atoms. The molecule has 0 aliphatic heterocycles. The maximum atomic E-state index is 11.8. The van der Waals surface area contributed by atoms with Crippen LogP contribution in [0.15, 0.2) is 11.1 Å². The zero-order valence-electron chi connectivity index (χ0n) is 8.74. The van der Waals surface area contributed by atoms with Crippen molar-refractivity contribution in [2.75, 3.05) is 7.11 Å². The maximum Gasteiger partial charge on any atom is 0.321 e. The Balaban J connectivity index is 2.95. The number of aromatic nitrogens is 2. The van der Waals surface area contributed by atoms with E-state index in [0.717, 1.165) is 0 Å². The van der Waals surface area contributed by atoms with Gasteiger partial charge in [-0.1, -0.05) is 15.9 Å². The van der Waals surface area contributed by atoms with E-state index in [1.165, 1.54) is 18.0 Å². The number of carbonyl (C=O) groups is 1. The van der Waals surface area contributed by atoms with Crippen LogP contribution in [0.25, 0.3) is 0 Å². The highest BCUT2D eigenvalue weighted by Gasteiger charge is 2.17. The molecule has 0 N–H and O–H groups in total. The first-order chi connectivity index (χ1) is 7.47. The van der Waals surface area contributed by atoms with Crippen molar-refractivity contribution in [3.05, 3.63) is 25.9 Å². The minimum Gasteiger partial charge on any atom is -0.468 e. The van der Waals surface area contributed by atoms with Gasteiger partial charge in [0.25, 0.3) is 5.56 Å². The summed E-state index contributed by atoms with van der Waals surface area (Å²) in [6.45, 7) is 1.97. The van der Waals surface area contributed by atoms with Crippen LogP contribution in [-0.2, 0) is 16.1 Å². The third kappa shape index (κ3) is 3.03. The summed E-state index contributed by atoms with van der Waals surface area (Å²) >= 11 is 5.09. The number of halogens is 2. The Morgan fingerprint density at radius 2 is 2.38 bits per heavy atom. The van der Waals surface area contributed by atoms with Crippen molar-refractivity contribution >= 4 is 44.5 Å². The Labute approximate surface area is 114 Å². The molecule has 0 bridgehead atoms. The second-order valence-corrected chi connectivity index (χ2v) is 5.28. The van der Waals surface area contributed by atoms with Gasteiger partial charge in [0.05, 0.1) is 29.2 Å². The van der Waals surface area contributed by atoms with Crippen molar-refractivity contribution in [3.8, 4) is 0 Å². The van der Waals surface area contributed by atoms with Gasteiger partial charge in [-0.3, -0.25) is 14.2 Å². The van der Waals surface area contributed by atoms with Crippen LogP contribution in [-0.4, -0.2) is 27.5 Å². The SMILES string of the molecule is COC(=O)C(Br)Cn1cnc(C)c(I)c1=O. The van der Waals surface area contributed by atoms with Gasteiger partial charge in [0.15, 0.2) is 0 Å². The minimum absolute atomic E-state index is 0.151. The minimum atomic E-state index is -0.546. The number of methoxy groups -OCH3 is 1. The molecule has 0 aliphatic carbocycles. The number of hydrogen-bond donors (Lipinski definition) is 0. The Kier molecular flexibility index (Phi) is 4.90. The van der Waals surface area contributed by atoms with E-state index in [4.69, 9.17) is 0 Å². The molecule has 0 amide bonds. The standard InChI is InChI=1S/C9H10BrIN2O3/c1-5-7(11)8(14)13(4-12-5)3-6(10)9(15)16-2/h4,6H,3H2,1-2H3. The van der Waals surface area contributed by atoms with Crippen molar-refractivity contribution in [1.29, 1.82) is 0 Å². The molecule has 1 atom stereocenters. The Morgan fingerprint density at radius 3 is 2.94 bits per heavy atom. The summed E-state index contributed by atoms with van der Waals surface area (Å²) in [4.78, 5) is 26.5. The molecule has 5 nitrogen and oxygen atoms in total. The molecule has 0 radical (unpaired) electrons. The molecule has 1 rings (SSSR count). The fourth-order valence-corrected chi connectivity index (χ4v) is 2.00. The molecule has 1 unspecified atom stereocenters. The molecule has 0 saturated heterocycles. The second kappa shape index (κ2) is 5.76. The third-order valence-corrected chi connectivity index (χ3v) is 3.88. The van der Waals surface area contributed by atoms with E-state index in [0.29, 0.717) is 9.26 Å². The Bertz CT molecular complexity index is 461. The number of alkyl halides is 1. The molecule has 88 valence electrons. The number of ether oxygens (including phenoxy) is 1. The summed E-state index contributed by atoms with van der Waals surface area (Å²) in [6, 6.07) is 0. The van der Waals surface area contributed by atoms with Gasteiger partial charge in [0, 0.05) is 0 Å². The highest BCUT2D eigenvalue weighted by atomic mass is 127. The zero-order valence-corrected chi connectivity index (χ0v) is 12.5. The van der Waals surface area contributed by atoms with Crippen LogP contribution < -0.4 is 5.56 Å². The van der Waals surface area contributed by atoms with E-state index in [9.17, 15) is 9.59 Å². The number of aryl methyl sites for hydroxylation is 1. The first-order valence-electron chi connectivity index (χ1n) is 4.40. The normalized spacial score (nSPS) is 12.2. The number of hydrogen-bond acceptors (Lipinski definition) is 4. The molecular weight excluding hydrogens is 391 g/mol.